The summed E-state index contributed by atoms with van der Waals surface area (Å²) in [7, 11) is 1.64. The highest BCUT2D eigenvalue weighted by molar-refractivity contribution is 7.14. The van der Waals surface area contributed by atoms with Crippen molar-refractivity contribution in [1.29, 1.82) is 0 Å². The van der Waals surface area contributed by atoms with Gasteiger partial charge in [-0.15, -0.1) is 11.3 Å². The lowest BCUT2D eigenvalue weighted by Crippen LogP contribution is -2.39. The van der Waals surface area contributed by atoms with Crippen LogP contribution in [0, 0.1) is 0 Å². The normalized spacial score (nSPS) is 18.1. The Kier molecular flexibility index (Phi) is 4.88. The molecule has 1 atom stereocenters. The number of H-pyrrole nitrogens is 1. The number of nitrogens with one attached hydrogen (secondary N) is 1. The Bertz CT molecular complexity index is 740. The summed E-state index contributed by atoms with van der Waals surface area (Å²) >= 11 is 1.47. The molecule has 1 unspecified atom stereocenters. The van der Waals surface area contributed by atoms with E-state index in [4.69, 9.17) is 4.74 Å². The quantitative estimate of drug-likeness (QED) is 0.928. The number of piperidine rings is 1. The van der Waals surface area contributed by atoms with E-state index in [-0.39, 0.29) is 17.4 Å². The SMILES string of the molecule is COCc1ccc(C(=O)N2CCCC(c3cc(=O)[nH]cn3)C2)s1. The number of rotatable bonds is 4. The highest BCUT2D eigenvalue weighted by Crippen LogP contribution is 2.27. The Hall–Kier alpha value is -1.99. The number of nitrogens with zero attached hydrogens (tertiary/aromatic N) is 2. The topological polar surface area (TPSA) is 75.3 Å². The van der Waals surface area contributed by atoms with E-state index in [9.17, 15) is 9.59 Å². The number of carbonyl (C=O) groups excluding carboxylic acids is 1. The number of methoxy groups -OCH3 is 1. The van der Waals surface area contributed by atoms with Crippen LogP contribution in [0.25, 0.3) is 0 Å². The van der Waals surface area contributed by atoms with Crippen LogP contribution < -0.4 is 5.56 Å². The molecule has 1 amide bonds. The monoisotopic (exact) mass is 333 g/mol. The molecular formula is C16H19N3O3S. The fourth-order valence-electron chi connectivity index (χ4n) is 2.88. The van der Waals surface area contributed by atoms with E-state index in [1.54, 1.807) is 7.11 Å². The highest BCUT2D eigenvalue weighted by Gasteiger charge is 2.27. The second kappa shape index (κ2) is 7.06. The molecule has 1 aliphatic rings. The summed E-state index contributed by atoms with van der Waals surface area (Å²) < 4.78 is 5.10. The molecule has 122 valence electrons. The van der Waals surface area contributed by atoms with Gasteiger partial charge in [0, 0.05) is 37.1 Å². The lowest BCUT2D eigenvalue weighted by atomic mass is 9.94. The number of thiophene rings is 1. The number of carbonyl (C=O) groups is 1. The van der Waals surface area contributed by atoms with Crippen LogP contribution in [0.15, 0.2) is 29.3 Å². The molecule has 1 fully saturated rings. The summed E-state index contributed by atoms with van der Waals surface area (Å²) in [4.78, 5) is 34.5. The Labute approximate surface area is 138 Å². The lowest BCUT2D eigenvalue weighted by molar-refractivity contribution is 0.0711. The third-order valence-electron chi connectivity index (χ3n) is 3.99. The van der Waals surface area contributed by atoms with Crippen LogP contribution in [-0.4, -0.2) is 41.0 Å². The van der Waals surface area contributed by atoms with Crippen LogP contribution >= 0.6 is 11.3 Å². The molecule has 0 bridgehead atoms. The number of aromatic amines is 1. The smallest absolute Gasteiger partial charge is 0.263 e. The predicted molar refractivity (Wildman–Crippen MR) is 87.8 cm³/mol. The average Bonchev–Trinajstić information content (AvgIpc) is 3.03. The van der Waals surface area contributed by atoms with E-state index in [0.717, 1.165) is 34.8 Å². The second-order valence-electron chi connectivity index (χ2n) is 5.63. The number of likely N-dealkylation sites (tertiary alicyclic amines) is 1. The van der Waals surface area contributed by atoms with Crippen LogP contribution in [0.4, 0.5) is 0 Å². The molecule has 1 aliphatic heterocycles. The van der Waals surface area contributed by atoms with Crippen molar-refractivity contribution in [2.45, 2.75) is 25.4 Å². The zero-order valence-corrected chi connectivity index (χ0v) is 13.8. The zero-order valence-electron chi connectivity index (χ0n) is 12.9. The minimum absolute atomic E-state index is 0.0480. The molecule has 2 aromatic rings. The van der Waals surface area contributed by atoms with Crippen molar-refractivity contribution in [2.75, 3.05) is 20.2 Å². The molecule has 3 heterocycles. The molecule has 1 saturated heterocycles. The first kappa shape index (κ1) is 15.9. The molecule has 0 radical (unpaired) electrons. The summed E-state index contributed by atoms with van der Waals surface area (Å²) in [6.07, 6.45) is 3.29. The number of hydrogen-bond acceptors (Lipinski definition) is 5. The van der Waals surface area contributed by atoms with Gasteiger partial charge in [-0.05, 0) is 25.0 Å². The Morgan fingerprint density at radius 1 is 1.52 bits per heavy atom. The number of ether oxygens (including phenoxy) is 1. The van der Waals surface area contributed by atoms with E-state index >= 15 is 0 Å². The maximum Gasteiger partial charge on any atom is 0.263 e. The van der Waals surface area contributed by atoms with Gasteiger partial charge in [-0.1, -0.05) is 0 Å². The maximum absolute atomic E-state index is 12.7. The molecule has 3 rings (SSSR count). The van der Waals surface area contributed by atoms with Gasteiger partial charge in [0.1, 0.15) is 0 Å². The zero-order chi connectivity index (χ0) is 16.2. The summed E-state index contributed by atoms with van der Waals surface area (Å²) in [6.45, 7) is 1.88. The third-order valence-corrected chi connectivity index (χ3v) is 5.03. The molecule has 0 saturated carbocycles. The standard InChI is InChI=1S/C16H19N3O3S/c1-22-9-12-4-5-14(23-12)16(21)19-6-2-3-11(8-19)13-7-15(20)18-10-17-13/h4-5,7,10-11H,2-3,6,8-9H2,1H3,(H,17,18,20). The van der Waals surface area contributed by atoms with Crippen LogP contribution in [0.5, 0.6) is 0 Å². The van der Waals surface area contributed by atoms with Crippen molar-refractivity contribution in [3.05, 3.63) is 50.3 Å². The van der Waals surface area contributed by atoms with Gasteiger partial charge in [-0.25, -0.2) is 4.98 Å². The summed E-state index contributed by atoms with van der Waals surface area (Å²) in [6, 6.07) is 5.32. The highest BCUT2D eigenvalue weighted by atomic mass is 32.1. The molecule has 2 aromatic heterocycles. The lowest BCUT2D eigenvalue weighted by Gasteiger charge is -2.32. The minimum atomic E-state index is -0.152. The van der Waals surface area contributed by atoms with Gasteiger partial charge < -0.3 is 14.6 Å². The number of amides is 1. The molecule has 0 spiro atoms. The van der Waals surface area contributed by atoms with Crippen molar-refractivity contribution in [1.82, 2.24) is 14.9 Å². The molecular weight excluding hydrogens is 314 g/mol. The van der Waals surface area contributed by atoms with Gasteiger partial charge in [-0.3, -0.25) is 9.59 Å². The fourth-order valence-corrected chi connectivity index (χ4v) is 3.83. The van der Waals surface area contributed by atoms with E-state index < -0.39 is 0 Å². The number of hydrogen-bond donors (Lipinski definition) is 1. The van der Waals surface area contributed by atoms with Crippen molar-refractivity contribution in [3.63, 3.8) is 0 Å². The van der Waals surface area contributed by atoms with Gasteiger partial charge in [0.05, 0.1) is 23.5 Å². The minimum Gasteiger partial charge on any atom is -0.379 e. The molecule has 6 nitrogen and oxygen atoms in total. The first-order valence-corrected chi connectivity index (χ1v) is 8.40. The number of aromatic nitrogens is 2. The van der Waals surface area contributed by atoms with Gasteiger partial charge in [0.25, 0.3) is 11.5 Å². The van der Waals surface area contributed by atoms with Crippen LogP contribution in [-0.2, 0) is 11.3 Å². The van der Waals surface area contributed by atoms with Crippen molar-refractivity contribution in [3.8, 4) is 0 Å². The largest absolute Gasteiger partial charge is 0.379 e. The summed E-state index contributed by atoms with van der Waals surface area (Å²) in [5.74, 6) is 0.167. The van der Waals surface area contributed by atoms with Crippen LogP contribution in [0.2, 0.25) is 0 Å². The van der Waals surface area contributed by atoms with E-state index in [0.29, 0.717) is 13.2 Å². The van der Waals surface area contributed by atoms with Crippen LogP contribution in [0.3, 0.4) is 0 Å². The molecule has 1 N–H and O–H groups in total. The molecule has 0 aliphatic carbocycles. The van der Waals surface area contributed by atoms with E-state index in [1.165, 1.54) is 23.7 Å². The van der Waals surface area contributed by atoms with Crippen LogP contribution in [0.1, 0.15) is 39.0 Å². The Morgan fingerprint density at radius 2 is 2.39 bits per heavy atom. The third kappa shape index (κ3) is 3.68. The van der Waals surface area contributed by atoms with E-state index in [1.807, 2.05) is 17.0 Å². The van der Waals surface area contributed by atoms with Gasteiger partial charge in [-0.2, -0.15) is 0 Å². The average molecular weight is 333 g/mol. The predicted octanol–water partition coefficient (Wildman–Crippen LogP) is 2.00. The van der Waals surface area contributed by atoms with Gasteiger partial charge in [0.15, 0.2) is 0 Å². The van der Waals surface area contributed by atoms with Crippen molar-refractivity contribution >= 4 is 17.2 Å². The first-order chi connectivity index (χ1) is 11.2. The fraction of sp³-hybridized carbons (Fsp3) is 0.438. The molecule has 0 aromatic carbocycles. The second-order valence-corrected chi connectivity index (χ2v) is 6.79. The van der Waals surface area contributed by atoms with E-state index in [2.05, 4.69) is 9.97 Å². The molecule has 7 heteroatoms. The maximum atomic E-state index is 12.7. The van der Waals surface area contributed by atoms with Crippen molar-refractivity contribution < 1.29 is 9.53 Å². The Balaban J connectivity index is 1.72. The molecule has 23 heavy (non-hydrogen) atoms. The Morgan fingerprint density at radius 3 is 3.17 bits per heavy atom. The van der Waals surface area contributed by atoms with Gasteiger partial charge >= 0.3 is 0 Å². The summed E-state index contributed by atoms with van der Waals surface area (Å²) in [5.41, 5.74) is 0.610. The summed E-state index contributed by atoms with van der Waals surface area (Å²) in [5, 5.41) is 0. The van der Waals surface area contributed by atoms with Crippen molar-refractivity contribution in [2.24, 2.45) is 0 Å². The first-order valence-electron chi connectivity index (χ1n) is 7.59. The van der Waals surface area contributed by atoms with Gasteiger partial charge in [0.2, 0.25) is 0 Å².